The van der Waals surface area contributed by atoms with Crippen molar-refractivity contribution in [3.05, 3.63) is 35.4 Å². The van der Waals surface area contributed by atoms with Gasteiger partial charge in [0, 0.05) is 18.7 Å². The summed E-state index contributed by atoms with van der Waals surface area (Å²) in [6.45, 7) is 0.675. The Kier molecular flexibility index (Phi) is 4.89. The number of H-pyrrole nitrogens is 1. The summed E-state index contributed by atoms with van der Waals surface area (Å²) in [7, 11) is 0. The van der Waals surface area contributed by atoms with Crippen LogP contribution in [-0.2, 0) is 0 Å². The van der Waals surface area contributed by atoms with Crippen LogP contribution >= 0.6 is 11.6 Å². The second-order valence-electron chi connectivity index (χ2n) is 4.38. The number of aromatic nitrogens is 1. The SMILES string of the molecule is Nc1[nH]c(N(CCO)CCO)c(Cl)c1-c1ccccc1. The predicted octanol–water partition coefficient (Wildman–Crippen LogP) is 1.71. The van der Waals surface area contributed by atoms with Crippen molar-refractivity contribution in [3.63, 3.8) is 0 Å². The lowest BCUT2D eigenvalue weighted by molar-refractivity contribution is 0.281. The number of anilines is 2. The molecular formula is C14H18ClN3O2. The van der Waals surface area contributed by atoms with Crippen LogP contribution in [0.2, 0.25) is 5.02 Å². The monoisotopic (exact) mass is 295 g/mol. The van der Waals surface area contributed by atoms with Crippen LogP contribution in [0.5, 0.6) is 0 Å². The minimum Gasteiger partial charge on any atom is -0.395 e. The topological polar surface area (TPSA) is 85.5 Å². The lowest BCUT2D eigenvalue weighted by atomic mass is 10.1. The van der Waals surface area contributed by atoms with Gasteiger partial charge in [-0.1, -0.05) is 41.9 Å². The molecule has 0 saturated carbocycles. The van der Waals surface area contributed by atoms with E-state index in [1.807, 2.05) is 30.3 Å². The summed E-state index contributed by atoms with van der Waals surface area (Å²) in [5, 5.41) is 18.7. The first kappa shape index (κ1) is 14.7. The highest BCUT2D eigenvalue weighted by molar-refractivity contribution is 6.36. The van der Waals surface area contributed by atoms with Gasteiger partial charge in [-0.25, -0.2) is 0 Å². The summed E-state index contributed by atoms with van der Waals surface area (Å²) >= 11 is 6.41. The van der Waals surface area contributed by atoms with Crippen molar-refractivity contribution < 1.29 is 10.2 Å². The second kappa shape index (κ2) is 6.65. The van der Waals surface area contributed by atoms with Crippen LogP contribution < -0.4 is 10.6 Å². The van der Waals surface area contributed by atoms with Gasteiger partial charge in [0.1, 0.15) is 11.6 Å². The smallest absolute Gasteiger partial charge is 0.127 e. The molecular weight excluding hydrogens is 278 g/mol. The summed E-state index contributed by atoms with van der Waals surface area (Å²) < 4.78 is 0. The molecule has 1 aromatic carbocycles. The van der Waals surface area contributed by atoms with E-state index in [0.717, 1.165) is 11.1 Å². The van der Waals surface area contributed by atoms with E-state index >= 15 is 0 Å². The third-order valence-electron chi connectivity index (χ3n) is 3.07. The number of nitrogens with zero attached hydrogens (tertiary/aromatic N) is 1. The van der Waals surface area contributed by atoms with Gasteiger partial charge < -0.3 is 25.8 Å². The number of hydrogen-bond donors (Lipinski definition) is 4. The molecule has 6 heteroatoms. The van der Waals surface area contributed by atoms with Crippen molar-refractivity contribution in [1.82, 2.24) is 4.98 Å². The average Bonchev–Trinajstić information content (AvgIpc) is 2.75. The maximum Gasteiger partial charge on any atom is 0.127 e. The minimum atomic E-state index is -0.0318. The summed E-state index contributed by atoms with van der Waals surface area (Å²) in [5.41, 5.74) is 7.67. The fourth-order valence-electron chi connectivity index (χ4n) is 2.16. The van der Waals surface area contributed by atoms with E-state index < -0.39 is 0 Å². The van der Waals surface area contributed by atoms with Gasteiger partial charge in [-0.15, -0.1) is 0 Å². The number of nitrogen functional groups attached to an aromatic ring is 1. The molecule has 20 heavy (non-hydrogen) atoms. The fraction of sp³-hybridized carbons (Fsp3) is 0.286. The molecule has 5 nitrogen and oxygen atoms in total. The third-order valence-corrected chi connectivity index (χ3v) is 3.44. The quantitative estimate of drug-likeness (QED) is 0.653. The Morgan fingerprint density at radius 1 is 1.10 bits per heavy atom. The van der Waals surface area contributed by atoms with Gasteiger partial charge in [0.05, 0.1) is 18.2 Å². The maximum absolute atomic E-state index is 9.10. The first-order valence-corrected chi connectivity index (χ1v) is 6.75. The molecule has 5 N–H and O–H groups in total. The van der Waals surface area contributed by atoms with E-state index in [2.05, 4.69) is 4.98 Å². The molecule has 1 aromatic heterocycles. The van der Waals surface area contributed by atoms with Crippen molar-refractivity contribution in [2.75, 3.05) is 36.9 Å². The van der Waals surface area contributed by atoms with Crippen LogP contribution in [0, 0.1) is 0 Å². The molecule has 0 aliphatic heterocycles. The molecule has 0 aliphatic carbocycles. The molecule has 0 spiro atoms. The Labute approximate surface area is 122 Å². The normalized spacial score (nSPS) is 10.8. The van der Waals surface area contributed by atoms with Gasteiger partial charge in [-0.3, -0.25) is 0 Å². The van der Waals surface area contributed by atoms with Gasteiger partial charge in [-0.05, 0) is 5.56 Å². The Hall–Kier alpha value is -1.69. The molecule has 0 atom stereocenters. The summed E-state index contributed by atoms with van der Waals surface area (Å²) in [5.74, 6) is 1.09. The van der Waals surface area contributed by atoms with Gasteiger partial charge in [0.25, 0.3) is 0 Å². The van der Waals surface area contributed by atoms with E-state index in [9.17, 15) is 0 Å². The molecule has 0 unspecified atom stereocenters. The van der Waals surface area contributed by atoms with E-state index in [1.54, 1.807) is 4.90 Å². The van der Waals surface area contributed by atoms with Crippen molar-refractivity contribution in [1.29, 1.82) is 0 Å². The number of aromatic amines is 1. The van der Waals surface area contributed by atoms with Crippen LogP contribution in [0.3, 0.4) is 0 Å². The average molecular weight is 296 g/mol. The Balaban J connectivity index is 2.42. The van der Waals surface area contributed by atoms with Crippen molar-refractivity contribution in [2.24, 2.45) is 0 Å². The number of nitrogens with one attached hydrogen (secondary N) is 1. The number of halogens is 1. The number of benzene rings is 1. The first-order chi connectivity index (χ1) is 9.69. The first-order valence-electron chi connectivity index (χ1n) is 6.38. The van der Waals surface area contributed by atoms with Crippen molar-refractivity contribution in [3.8, 4) is 11.1 Å². The van der Waals surface area contributed by atoms with Gasteiger partial charge in [0.15, 0.2) is 0 Å². The zero-order valence-corrected chi connectivity index (χ0v) is 11.8. The highest BCUT2D eigenvalue weighted by Gasteiger charge is 2.19. The lowest BCUT2D eigenvalue weighted by Crippen LogP contribution is -2.30. The van der Waals surface area contributed by atoms with E-state index in [1.165, 1.54) is 0 Å². The van der Waals surface area contributed by atoms with Crippen molar-refractivity contribution >= 4 is 23.2 Å². The number of aliphatic hydroxyl groups is 2. The molecule has 0 fully saturated rings. The molecule has 0 aliphatic rings. The molecule has 1 heterocycles. The molecule has 108 valence electrons. The van der Waals surface area contributed by atoms with Crippen LogP contribution in [0.15, 0.2) is 30.3 Å². The highest BCUT2D eigenvalue weighted by atomic mass is 35.5. The second-order valence-corrected chi connectivity index (χ2v) is 4.75. The number of nitrogens with two attached hydrogens (primary N) is 1. The Morgan fingerprint density at radius 3 is 2.25 bits per heavy atom. The number of hydrogen-bond acceptors (Lipinski definition) is 4. The molecule has 0 radical (unpaired) electrons. The van der Waals surface area contributed by atoms with Gasteiger partial charge in [0.2, 0.25) is 0 Å². The summed E-state index contributed by atoms with van der Waals surface area (Å²) in [6, 6.07) is 9.61. The summed E-state index contributed by atoms with van der Waals surface area (Å²) in [6.07, 6.45) is 0. The van der Waals surface area contributed by atoms with Crippen LogP contribution in [0.1, 0.15) is 0 Å². The maximum atomic E-state index is 9.10. The zero-order valence-electron chi connectivity index (χ0n) is 11.0. The van der Waals surface area contributed by atoms with E-state index in [0.29, 0.717) is 29.7 Å². The minimum absolute atomic E-state index is 0.0318. The molecule has 0 bridgehead atoms. The third kappa shape index (κ3) is 2.90. The standard InChI is InChI=1S/C14H18ClN3O2/c15-12-11(10-4-2-1-3-5-10)13(16)17-14(12)18(6-8-19)7-9-20/h1-5,17,19-20H,6-9,16H2. The predicted molar refractivity (Wildman–Crippen MR) is 82.0 cm³/mol. The largest absolute Gasteiger partial charge is 0.395 e. The number of rotatable bonds is 6. The van der Waals surface area contributed by atoms with Crippen LogP contribution in [0.4, 0.5) is 11.6 Å². The van der Waals surface area contributed by atoms with Crippen LogP contribution in [0.25, 0.3) is 11.1 Å². The van der Waals surface area contributed by atoms with Gasteiger partial charge in [-0.2, -0.15) is 0 Å². The van der Waals surface area contributed by atoms with Crippen molar-refractivity contribution in [2.45, 2.75) is 0 Å². The number of aliphatic hydroxyl groups excluding tert-OH is 2. The van der Waals surface area contributed by atoms with E-state index in [-0.39, 0.29) is 13.2 Å². The highest BCUT2D eigenvalue weighted by Crippen LogP contribution is 2.40. The molecule has 2 aromatic rings. The van der Waals surface area contributed by atoms with Crippen LogP contribution in [-0.4, -0.2) is 41.5 Å². The lowest BCUT2D eigenvalue weighted by Gasteiger charge is -2.21. The zero-order chi connectivity index (χ0) is 14.5. The molecule has 2 rings (SSSR count). The fourth-order valence-corrected chi connectivity index (χ4v) is 2.54. The van der Waals surface area contributed by atoms with Gasteiger partial charge >= 0.3 is 0 Å². The molecule has 0 saturated heterocycles. The Bertz CT molecular complexity index is 551. The Morgan fingerprint density at radius 2 is 1.70 bits per heavy atom. The summed E-state index contributed by atoms with van der Waals surface area (Å²) in [4.78, 5) is 4.80. The molecule has 0 amide bonds. The van der Waals surface area contributed by atoms with E-state index in [4.69, 9.17) is 27.5 Å².